The van der Waals surface area contributed by atoms with Crippen LogP contribution >= 0.6 is 0 Å². The lowest BCUT2D eigenvalue weighted by atomic mass is 10.0. The van der Waals surface area contributed by atoms with Crippen molar-refractivity contribution in [1.82, 2.24) is 9.80 Å². The summed E-state index contributed by atoms with van der Waals surface area (Å²) < 4.78 is 0. The van der Waals surface area contributed by atoms with Crippen LogP contribution in [0.2, 0.25) is 0 Å². The van der Waals surface area contributed by atoms with Gasteiger partial charge in [0.05, 0.1) is 0 Å². The Labute approximate surface area is 114 Å². The van der Waals surface area contributed by atoms with Crippen molar-refractivity contribution < 1.29 is 14.7 Å². The monoisotopic (exact) mass is 268 g/mol. The molecule has 1 unspecified atom stereocenters. The van der Waals surface area contributed by atoms with E-state index in [1.54, 1.807) is 4.90 Å². The van der Waals surface area contributed by atoms with E-state index in [0.29, 0.717) is 38.5 Å². The highest BCUT2D eigenvalue weighted by Crippen LogP contribution is 2.28. The molecular formula is C14H24N2O3. The molecule has 5 heteroatoms. The second kappa shape index (κ2) is 6.37. The maximum Gasteiger partial charge on any atom is 0.251 e. The summed E-state index contributed by atoms with van der Waals surface area (Å²) >= 11 is 0. The molecule has 0 spiro atoms. The van der Waals surface area contributed by atoms with Crippen LogP contribution in [0.5, 0.6) is 0 Å². The van der Waals surface area contributed by atoms with Gasteiger partial charge in [0, 0.05) is 32.6 Å². The minimum absolute atomic E-state index is 0.232. The van der Waals surface area contributed by atoms with Crippen molar-refractivity contribution in [3.05, 3.63) is 0 Å². The van der Waals surface area contributed by atoms with Crippen molar-refractivity contribution in [3.63, 3.8) is 0 Å². The Hall–Kier alpha value is -1.10. The van der Waals surface area contributed by atoms with Crippen molar-refractivity contribution in [1.29, 1.82) is 0 Å². The largest absolute Gasteiger partial charge is 0.384 e. The number of carbonyl (C=O) groups excluding carboxylic acids is 2. The molecule has 1 aliphatic carbocycles. The van der Waals surface area contributed by atoms with Crippen LogP contribution < -0.4 is 0 Å². The highest BCUT2D eigenvalue weighted by molar-refractivity contribution is 5.81. The molecule has 0 aromatic heterocycles. The number of rotatable bonds is 3. The molecule has 0 aromatic carbocycles. The lowest BCUT2D eigenvalue weighted by molar-refractivity contribution is -0.145. The van der Waals surface area contributed by atoms with E-state index in [1.165, 1.54) is 32.6 Å². The van der Waals surface area contributed by atoms with E-state index < -0.39 is 6.10 Å². The number of hydrogen-bond donors (Lipinski definition) is 1. The molecule has 1 N–H and O–H groups in total. The standard InChI is InChI=1S/C14H24N2O3/c1-11(17)14(19)16-8-6-15(7-9-16)13(18)10-12-4-2-3-5-12/h11-12,17H,2-10H2,1H3. The number of amides is 2. The SMILES string of the molecule is CC(O)C(=O)N1CCN(C(=O)CC2CCCC2)CC1. The number of piperazine rings is 1. The van der Waals surface area contributed by atoms with Crippen molar-refractivity contribution in [2.45, 2.75) is 45.1 Å². The molecule has 2 aliphatic rings. The van der Waals surface area contributed by atoms with E-state index >= 15 is 0 Å². The zero-order chi connectivity index (χ0) is 13.8. The van der Waals surface area contributed by atoms with Gasteiger partial charge in [-0.1, -0.05) is 12.8 Å². The third-order valence-corrected chi connectivity index (χ3v) is 4.24. The lowest BCUT2D eigenvalue weighted by Crippen LogP contribution is -2.52. The van der Waals surface area contributed by atoms with Crippen molar-refractivity contribution in [3.8, 4) is 0 Å². The van der Waals surface area contributed by atoms with Crippen LogP contribution in [-0.4, -0.2) is 59.0 Å². The zero-order valence-electron chi connectivity index (χ0n) is 11.7. The Morgan fingerprint density at radius 3 is 2.16 bits per heavy atom. The molecule has 0 aromatic rings. The zero-order valence-corrected chi connectivity index (χ0v) is 11.7. The van der Waals surface area contributed by atoms with Gasteiger partial charge in [-0.05, 0) is 25.7 Å². The lowest BCUT2D eigenvalue weighted by Gasteiger charge is -2.35. The molecule has 0 radical (unpaired) electrons. The van der Waals surface area contributed by atoms with Crippen molar-refractivity contribution in [2.75, 3.05) is 26.2 Å². The van der Waals surface area contributed by atoms with Gasteiger partial charge >= 0.3 is 0 Å². The van der Waals surface area contributed by atoms with Gasteiger partial charge in [0.1, 0.15) is 6.10 Å². The Bertz CT molecular complexity index is 330. The first-order valence-corrected chi connectivity index (χ1v) is 7.32. The summed E-state index contributed by atoms with van der Waals surface area (Å²) in [6.07, 6.45) is 4.62. The quantitative estimate of drug-likeness (QED) is 0.816. The van der Waals surface area contributed by atoms with Gasteiger partial charge in [-0.25, -0.2) is 0 Å². The first kappa shape index (κ1) is 14.3. The highest BCUT2D eigenvalue weighted by Gasteiger charge is 2.27. The second-order valence-electron chi connectivity index (χ2n) is 5.74. The molecule has 1 aliphatic heterocycles. The van der Waals surface area contributed by atoms with E-state index in [0.717, 1.165) is 0 Å². The summed E-state index contributed by atoms with van der Waals surface area (Å²) in [4.78, 5) is 27.3. The molecule has 2 fully saturated rings. The van der Waals surface area contributed by atoms with E-state index in [2.05, 4.69) is 0 Å². The minimum atomic E-state index is -0.944. The van der Waals surface area contributed by atoms with Crippen LogP contribution in [0.3, 0.4) is 0 Å². The van der Waals surface area contributed by atoms with E-state index in [-0.39, 0.29) is 11.8 Å². The molecule has 1 saturated carbocycles. The number of carbonyl (C=O) groups is 2. The predicted molar refractivity (Wildman–Crippen MR) is 71.4 cm³/mol. The molecule has 1 heterocycles. The molecule has 5 nitrogen and oxygen atoms in total. The molecule has 1 atom stereocenters. The Kier molecular flexibility index (Phi) is 4.80. The molecule has 108 valence electrons. The maximum atomic E-state index is 12.1. The van der Waals surface area contributed by atoms with E-state index in [1.807, 2.05) is 4.90 Å². The fourth-order valence-corrected chi connectivity index (χ4v) is 3.03. The van der Waals surface area contributed by atoms with Gasteiger partial charge in [-0.2, -0.15) is 0 Å². The van der Waals surface area contributed by atoms with Crippen LogP contribution in [0, 0.1) is 5.92 Å². The van der Waals surface area contributed by atoms with Gasteiger partial charge in [-0.15, -0.1) is 0 Å². The van der Waals surface area contributed by atoms with Crippen molar-refractivity contribution in [2.24, 2.45) is 5.92 Å². The Morgan fingerprint density at radius 1 is 1.11 bits per heavy atom. The van der Waals surface area contributed by atoms with Crippen molar-refractivity contribution >= 4 is 11.8 Å². The highest BCUT2D eigenvalue weighted by atomic mass is 16.3. The number of aliphatic hydroxyl groups is 1. The normalized spacial score (nSPS) is 22.6. The molecular weight excluding hydrogens is 244 g/mol. The molecule has 2 amide bonds. The van der Waals surface area contributed by atoms with E-state index in [4.69, 9.17) is 0 Å². The van der Waals surface area contributed by atoms with Gasteiger partial charge in [0.25, 0.3) is 5.91 Å². The molecule has 2 rings (SSSR count). The fraction of sp³-hybridized carbons (Fsp3) is 0.857. The maximum absolute atomic E-state index is 12.1. The second-order valence-corrected chi connectivity index (χ2v) is 5.74. The summed E-state index contributed by atoms with van der Waals surface area (Å²) in [5.74, 6) is 0.573. The van der Waals surface area contributed by atoms with E-state index in [9.17, 15) is 14.7 Å². The minimum Gasteiger partial charge on any atom is -0.384 e. The van der Waals surface area contributed by atoms with Gasteiger partial charge in [0.15, 0.2) is 0 Å². The van der Waals surface area contributed by atoms with Crippen LogP contribution in [0.4, 0.5) is 0 Å². The average Bonchev–Trinajstić information content (AvgIpc) is 2.90. The molecule has 19 heavy (non-hydrogen) atoms. The predicted octanol–water partition coefficient (Wildman–Crippen LogP) is 0.618. The molecule has 1 saturated heterocycles. The number of aliphatic hydroxyl groups excluding tert-OH is 1. The summed E-state index contributed by atoms with van der Waals surface area (Å²) in [6, 6.07) is 0. The summed E-state index contributed by atoms with van der Waals surface area (Å²) in [6.45, 7) is 3.77. The van der Waals surface area contributed by atoms with Crippen LogP contribution in [0.15, 0.2) is 0 Å². The Morgan fingerprint density at radius 2 is 1.63 bits per heavy atom. The summed E-state index contributed by atoms with van der Waals surface area (Å²) in [5.41, 5.74) is 0. The Balaban J connectivity index is 1.76. The summed E-state index contributed by atoms with van der Waals surface area (Å²) in [5, 5.41) is 9.27. The van der Waals surface area contributed by atoms with Gasteiger partial charge in [-0.3, -0.25) is 9.59 Å². The average molecular weight is 268 g/mol. The fourth-order valence-electron chi connectivity index (χ4n) is 3.03. The topological polar surface area (TPSA) is 60.9 Å². The number of nitrogens with zero attached hydrogens (tertiary/aromatic N) is 2. The van der Waals surface area contributed by atoms with Gasteiger partial charge < -0.3 is 14.9 Å². The van der Waals surface area contributed by atoms with Crippen LogP contribution in [0.25, 0.3) is 0 Å². The van der Waals surface area contributed by atoms with Gasteiger partial charge in [0.2, 0.25) is 5.91 Å². The first-order valence-electron chi connectivity index (χ1n) is 7.32. The third kappa shape index (κ3) is 3.69. The molecule has 0 bridgehead atoms. The number of hydrogen-bond acceptors (Lipinski definition) is 3. The van der Waals surface area contributed by atoms with Crippen LogP contribution in [0.1, 0.15) is 39.0 Å². The van der Waals surface area contributed by atoms with Crippen LogP contribution in [-0.2, 0) is 9.59 Å². The summed E-state index contributed by atoms with van der Waals surface area (Å²) in [7, 11) is 0. The third-order valence-electron chi connectivity index (χ3n) is 4.24. The smallest absolute Gasteiger partial charge is 0.251 e. The first-order chi connectivity index (χ1) is 9.08.